The van der Waals surface area contributed by atoms with E-state index in [1.807, 2.05) is 28.8 Å². The van der Waals surface area contributed by atoms with Gasteiger partial charge in [-0.25, -0.2) is 0 Å². The van der Waals surface area contributed by atoms with Crippen molar-refractivity contribution in [2.75, 3.05) is 19.6 Å². The summed E-state index contributed by atoms with van der Waals surface area (Å²) in [7, 11) is 0. The number of pyridine rings is 1. The number of aromatic nitrogens is 3. The molecule has 3 heterocycles. The summed E-state index contributed by atoms with van der Waals surface area (Å²) in [5.74, 6) is 2.39. The summed E-state index contributed by atoms with van der Waals surface area (Å²) >= 11 is 0. The zero-order chi connectivity index (χ0) is 15.4. The van der Waals surface area contributed by atoms with Crippen LogP contribution in [-0.2, 0) is 6.42 Å². The molecule has 1 fully saturated rings. The van der Waals surface area contributed by atoms with Gasteiger partial charge in [-0.15, -0.1) is 34.2 Å². The fourth-order valence-electron chi connectivity index (χ4n) is 2.99. The molecule has 23 heavy (non-hydrogen) atoms. The second-order valence-corrected chi connectivity index (χ2v) is 6.08. The van der Waals surface area contributed by atoms with E-state index in [0.717, 1.165) is 43.9 Å². The average molecular weight is 428 g/mol. The number of aryl methyl sites for hydroxylation is 1. The first-order valence-electron chi connectivity index (χ1n) is 8.07. The van der Waals surface area contributed by atoms with Gasteiger partial charge in [-0.2, -0.15) is 0 Å². The summed E-state index contributed by atoms with van der Waals surface area (Å²) in [6.07, 6.45) is 6.29. The highest BCUT2D eigenvalue weighted by Gasteiger charge is 2.17. The van der Waals surface area contributed by atoms with Gasteiger partial charge >= 0.3 is 0 Å². The van der Waals surface area contributed by atoms with E-state index in [1.165, 1.54) is 12.8 Å². The van der Waals surface area contributed by atoms with E-state index in [-0.39, 0.29) is 24.0 Å². The Morgan fingerprint density at radius 1 is 1.39 bits per heavy atom. The van der Waals surface area contributed by atoms with E-state index in [0.29, 0.717) is 11.9 Å². The van der Waals surface area contributed by atoms with Crippen LogP contribution in [-0.4, -0.2) is 45.1 Å². The Kier molecular flexibility index (Phi) is 6.61. The molecule has 126 valence electrons. The summed E-state index contributed by atoms with van der Waals surface area (Å²) in [4.78, 5) is 6.73. The molecule has 7 heteroatoms. The molecule has 1 atom stereocenters. The van der Waals surface area contributed by atoms with Gasteiger partial charge < -0.3 is 10.6 Å². The molecule has 2 N–H and O–H groups in total. The van der Waals surface area contributed by atoms with Crippen molar-refractivity contribution in [1.29, 1.82) is 0 Å². The summed E-state index contributed by atoms with van der Waals surface area (Å²) in [5, 5.41) is 8.39. The number of piperidine rings is 1. The Bertz CT molecular complexity index is 653. The maximum Gasteiger partial charge on any atom is 0.191 e. The van der Waals surface area contributed by atoms with Crippen molar-refractivity contribution >= 4 is 35.6 Å². The molecule has 0 aliphatic carbocycles. The molecular weight excluding hydrogens is 403 g/mol. The van der Waals surface area contributed by atoms with E-state index in [4.69, 9.17) is 5.73 Å². The Labute approximate surface area is 154 Å². The summed E-state index contributed by atoms with van der Waals surface area (Å²) < 4.78 is 2.03. The van der Waals surface area contributed by atoms with E-state index < -0.39 is 0 Å². The molecule has 1 unspecified atom stereocenters. The second-order valence-electron chi connectivity index (χ2n) is 6.08. The van der Waals surface area contributed by atoms with Crippen LogP contribution in [0.25, 0.3) is 5.65 Å². The number of likely N-dealkylation sites (tertiary alicyclic amines) is 1. The first kappa shape index (κ1) is 18.0. The Hall–Kier alpha value is -1.38. The first-order chi connectivity index (χ1) is 10.7. The van der Waals surface area contributed by atoms with Gasteiger partial charge in [0.15, 0.2) is 11.6 Å². The van der Waals surface area contributed by atoms with Crippen LogP contribution in [0.15, 0.2) is 29.4 Å². The van der Waals surface area contributed by atoms with Crippen LogP contribution in [0.2, 0.25) is 0 Å². The minimum atomic E-state index is 0. The highest BCUT2D eigenvalue weighted by atomic mass is 127. The largest absolute Gasteiger partial charge is 0.370 e. The molecule has 0 bridgehead atoms. The first-order valence-corrected chi connectivity index (χ1v) is 8.07. The zero-order valence-electron chi connectivity index (χ0n) is 13.6. The number of nitrogens with zero attached hydrogens (tertiary/aromatic N) is 5. The number of halogens is 1. The van der Waals surface area contributed by atoms with Gasteiger partial charge in [0.2, 0.25) is 0 Å². The summed E-state index contributed by atoms with van der Waals surface area (Å²) in [6.45, 7) is 5.08. The number of hydrogen-bond donors (Lipinski definition) is 1. The van der Waals surface area contributed by atoms with E-state index in [9.17, 15) is 0 Å². The van der Waals surface area contributed by atoms with E-state index in [2.05, 4.69) is 27.0 Å². The lowest BCUT2D eigenvalue weighted by atomic mass is 10.0. The van der Waals surface area contributed by atoms with Crippen LogP contribution in [0.5, 0.6) is 0 Å². The molecule has 0 aromatic carbocycles. The van der Waals surface area contributed by atoms with E-state index in [1.54, 1.807) is 0 Å². The number of nitrogens with two attached hydrogens (primary N) is 1. The number of guanidine groups is 1. The molecule has 0 amide bonds. The van der Waals surface area contributed by atoms with Gasteiger partial charge in [0, 0.05) is 32.3 Å². The van der Waals surface area contributed by atoms with Crippen molar-refractivity contribution in [1.82, 2.24) is 19.5 Å². The zero-order valence-corrected chi connectivity index (χ0v) is 15.9. The van der Waals surface area contributed by atoms with Crippen LogP contribution in [0.4, 0.5) is 0 Å². The van der Waals surface area contributed by atoms with Gasteiger partial charge in [0.1, 0.15) is 5.82 Å². The molecule has 1 aliphatic rings. The standard InChI is InChI=1S/C16H24N6.HI/c1-13-6-5-10-21(12-13)16(17)18-9-4-8-15-20-19-14-7-2-3-11-22(14)15;/h2-3,7,11,13H,4-6,8-10,12H2,1H3,(H2,17,18);1H. The van der Waals surface area contributed by atoms with Crippen molar-refractivity contribution in [3.05, 3.63) is 30.2 Å². The SMILES string of the molecule is CC1CCCN(C(N)=NCCCc2nnc3ccccn23)C1.I. The fraction of sp³-hybridized carbons (Fsp3) is 0.562. The predicted octanol–water partition coefficient (Wildman–Crippen LogP) is 2.33. The highest BCUT2D eigenvalue weighted by molar-refractivity contribution is 14.0. The molecule has 0 saturated carbocycles. The van der Waals surface area contributed by atoms with Crippen LogP contribution < -0.4 is 5.73 Å². The third-order valence-electron chi connectivity index (χ3n) is 4.20. The number of fused-ring (bicyclic) bond motifs is 1. The lowest BCUT2D eigenvalue weighted by Gasteiger charge is -2.31. The maximum atomic E-state index is 6.10. The molecule has 0 radical (unpaired) electrons. The van der Waals surface area contributed by atoms with Crippen LogP contribution in [0.3, 0.4) is 0 Å². The molecule has 3 rings (SSSR count). The van der Waals surface area contributed by atoms with Crippen molar-refractivity contribution < 1.29 is 0 Å². The lowest BCUT2D eigenvalue weighted by molar-refractivity contribution is 0.270. The topological polar surface area (TPSA) is 71.8 Å². The molecular formula is C16H25IN6. The van der Waals surface area contributed by atoms with Gasteiger partial charge in [-0.3, -0.25) is 9.39 Å². The molecule has 2 aromatic heterocycles. The average Bonchev–Trinajstić information content (AvgIpc) is 2.95. The Balaban J connectivity index is 0.00000192. The molecule has 0 spiro atoms. The van der Waals surface area contributed by atoms with Crippen LogP contribution in [0.1, 0.15) is 32.0 Å². The van der Waals surface area contributed by atoms with Crippen molar-refractivity contribution in [2.45, 2.75) is 32.6 Å². The fourth-order valence-corrected chi connectivity index (χ4v) is 2.99. The normalized spacial score (nSPS) is 18.9. The van der Waals surface area contributed by atoms with Gasteiger partial charge in [0.05, 0.1) is 0 Å². The minimum Gasteiger partial charge on any atom is -0.370 e. The second kappa shape index (κ2) is 8.47. The minimum absolute atomic E-state index is 0. The third kappa shape index (κ3) is 4.55. The molecule has 2 aromatic rings. The molecule has 1 aliphatic heterocycles. The maximum absolute atomic E-state index is 6.10. The number of hydrogen-bond acceptors (Lipinski definition) is 3. The molecule has 6 nitrogen and oxygen atoms in total. The Morgan fingerprint density at radius 2 is 2.26 bits per heavy atom. The quantitative estimate of drug-likeness (QED) is 0.351. The summed E-state index contributed by atoms with van der Waals surface area (Å²) in [6, 6.07) is 5.93. The predicted molar refractivity (Wildman–Crippen MR) is 103 cm³/mol. The number of aliphatic imine (C=N–C) groups is 1. The molecule has 1 saturated heterocycles. The van der Waals surface area contributed by atoms with Crippen molar-refractivity contribution in [2.24, 2.45) is 16.6 Å². The monoisotopic (exact) mass is 428 g/mol. The third-order valence-corrected chi connectivity index (χ3v) is 4.20. The number of rotatable bonds is 4. The highest BCUT2D eigenvalue weighted by Crippen LogP contribution is 2.14. The Morgan fingerprint density at radius 3 is 3.09 bits per heavy atom. The smallest absolute Gasteiger partial charge is 0.191 e. The van der Waals surface area contributed by atoms with Crippen molar-refractivity contribution in [3.63, 3.8) is 0 Å². The van der Waals surface area contributed by atoms with Crippen LogP contribution >= 0.6 is 24.0 Å². The van der Waals surface area contributed by atoms with Crippen molar-refractivity contribution in [3.8, 4) is 0 Å². The summed E-state index contributed by atoms with van der Waals surface area (Å²) in [5.41, 5.74) is 6.99. The van der Waals surface area contributed by atoms with E-state index >= 15 is 0 Å². The van der Waals surface area contributed by atoms with Crippen LogP contribution in [0, 0.1) is 5.92 Å². The van der Waals surface area contributed by atoms with Gasteiger partial charge in [-0.05, 0) is 37.3 Å². The van der Waals surface area contributed by atoms with Gasteiger partial charge in [0.25, 0.3) is 0 Å². The lowest BCUT2D eigenvalue weighted by Crippen LogP contribution is -2.43. The van der Waals surface area contributed by atoms with Gasteiger partial charge in [-0.1, -0.05) is 13.0 Å².